The topological polar surface area (TPSA) is 78.2 Å². The molecule has 4 atom stereocenters. The largest absolute Gasteiger partial charge is 0.390 e. The highest BCUT2D eigenvalue weighted by atomic mass is 16.5. The summed E-state index contributed by atoms with van der Waals surface area (Å²) in [4.78, 5) is 2.67. The van der Waals surface area contributed by atoms with Gasteiger partial charge in [0.15, 0.2) is 0 Å². The van der Waals surface area contributed by atoms with Crippen molar-refractivity contribution in [1.82, 2.24) is 0 Å². The Balaban J connectivity index is 2.69. The van der Waals surface area contributed by atoms with Gasteiger partial charge in [-0.1, -0.05) is 12.0 Å². The van der Waals surface area contributed by atoms with E-state index in [4.69, 9.17) is 10.3 Å². The number of rotatable bonds is 2. The minimum absolute atomic E-state index is 0.180. The fraction of sp³-hybridized carbons (Fsp3) is 1.00. The van der Waals surface area contributed by atoms with Gasteiger partial charge in [-0.3, -0.25) is 0 Å². The summed E-state index contributed by atoms with van der Waals surface area (Å²) in [6.45, 7) is 3.73. The highest BCUT2D eigenvalue weighted by Gasteiger charge is 2.39. The number of nitrogens with zero attached hydrogens (tertiary/aromatic N) is 3. The molecule has 12 heavy (non-hydrogen) atoms. The zero-order valence-corrected chi connectivity index (χ0v) is 7.21. The van der Waals surface area contributed by atoms with Crippen molar-refractivity contribution in [3.8, 4) is 0 Å². The molecule has 0 aliphatic carbocycles. The van der Waals surface area contributed by atoms with Crippen LogP contribution in [0.15, 0.2) is 5.11 Å². The van der Waals surface area contributed by atoms with Gasteiger partial charge in [-0.2, -0.15) is 0 Å². The van der Waals surface area contributed by atoms with Crippen LogP contribution in [0.25, 0.3) is 10.4 Å². The smallest absolute Gasteiger partial charge is 0.0918 e. The van der Waals surface area contributed by atoms with Gasteiger partial charge >= 0.3 is 0 Å². The molecule has 0 aromatic heterocycles. The maximum atomic E-state index is 9.56. The fourth-order valence-corrected chi connectivity index (χ4v) is 1.49. The molecule has 1 rings (SSSR count). The Morgan fingerprint density at radius 3 is 2.75 bits per heavy atom. The number of hydrogen-bond acceptors (Lipinski definition) is 3. The van der Waals surface area contributed by atoms with Gasteiger partial charge in [-0.05, 0) is 18.9 Å². The molecule has 5 heteroatoms. The predicted molar refractivity (Wildman–Crippen MR) is 43.6 cm³/mol. The highest BCUT2D eigenvalue weighted by molar-refractivity contribution is 4.93. The second-order valence-electron chi connectivity index (χ2n) is 2.97. The third-order valence-electron chi connectivity index (χ3n) is 2.19. The van der Waals surface area contributed by atoms with Crippen LogP contribution in [-0.4, -0.2) is 29.5 Å². The van der Waals surface area contributed by atoms with Crippen LogP contribution in [0.3, 0.4) is 0 Å². The predicted octanol–water partition coefficient (Wildman–Crippen LogP) is 1.22. The molecule has 0 saturated carbocycles. The number of aliphatic hydroxyl groups excluding tert-OH is 1. The normalized spacial score (nSPS) is 40.9. The minimum Gasteiger partial charge on any atom is -0.390 e. The van der Waals surface area contributed by atoms with E-state index in [1.54, 1.807) is 6.92 Å². The lowest BCUT2D eigenvalue weighted by Gasteiger charge is -2.11. The van der Waals surface area contributed by atoms with E-state index in [0.29, 0.717) is 0 Å². The van der Waals surface area contributed by atoms with Crippen molar-refractivity contribution in [2.45, 2.75) is 44.6 Å². The van der Waals surface area contributed by atoms with E-state index in [1.807, 2.05) is 6.92 Å². The monoisotopic (exact) mass is 171 g/mol. The molecule has 68 valence electrons. The molecular formula is C7H13N3O2. The van der Waals surface area contributed by atoms with E-state index in [-0.39, 0.29) is 12.2 Å². The molecule has 0 aromatic rings. The summed E-state index contributed by atoms with van der Waals surface area (Å²) in [5.41, 5.74) is 8.21. The Kier molecular flexibility index (Phi) is 2.92. The average molecular weight is 171 g/mol. The first-order valence-electron chi connectivity index (χ1n) is 4.08. The molecule has 1 aliphatic rings. The second-order valence-corrected chi connectivity index (χ2v) is 2.97. The van der Waals surface area contributed by atoms with E-state index in [9.17, 15) is 5.11 Å². The van der Waals surface area contributed by atoms with Crippen LogP contribution in [0, 0.1) is 0 Å². The minimum atomic E-state index is -0.652. The van der Waals surface area contributed by atoms with Crippen LogP contribution in [-0.2, 0) is 4.74 Å². The molecule has 1 unspecified atom stereocenters. The molecule has 1 N–H and O–H groups in total. The van der Waals surface area contributed by atoms with Crippen LogP contribution >= 0.6 is 0 Å². The summed E-state index contributed by atoms with van der Waals surface area (Å²) in [6.07, 6.45) is -0.277. The molecule has 1 fully saturated rings. The molecule has 0 bridgehead atoms. The summed E-state index contributed by atoms with van der Waals surface area (Å²) >= 11 is 0. The summed E-state index contributed by atoms with van der Waals surface area (Å²) in [7, 11) is 0. The average Bonchev–Trinajstić information content (AvgIpc) is 2.32. The van der Waals surface area contributed by atoms with E-state index >= 15 is 0 Å². The maximum Gasteiger partial charge on any atom is 0.0918 e. The SMILES string of the molecule is CC[C@H]1O[C@@H](C)[C@@H](N=[N+]=[N-])C1O. The Morgan fingerprint density at radius 1 is 1.67 bits per heavy atom. The standard InChI is InChI=1S/C7H13N3O2/c1-3-5-7(11)6(9-10-8)4(2)12-5/h4-7,11H,3H2,1-2H3/t4-,5+,6+,7?/m0/s1. The van der Waals surface area contributed by atoms with Crippen molar-refractivity contribution in [3.63, 3.8) is 0 Å². The molecule has 1 heterocycles. The van der Waals surface area contributed by atoms with Crippen molar-refractivity contribution < 1.29 is 9.84 Å². The lowest BCUT2D eigenvalue weighted by Crippen LogP contribution is -2.29. The van der Waals surface area contributed by atoms with E-state index in [2.05, 4.69) is 10.0 Å². The molecular weight excluding hydrogens is 158 g/mol. The van der Waals surface area contributed by atoms with E-state index in [1.165, 1.54) is 0 Å². The van der Waals surface area contributed by atoms with Gasteiger partial charge in [0, 0.05) is 4.91 Å². The summed E-state index contributed by atoms with van der Waals surface area (Å²) in [5, 5.41) is 13.0. The zero-order valence-electron chi connectivity index (χ0n) is 7.21. The lowest BCUT2D eigenvalue weighted by molar-refractivity contribution is 0.0144. The number of ether oxygens (including phenoxy) is 1. The third-order valence-corrected chi connectivity index (χ3v) is 2.19. The first-order chi connectivity index (χ1) is 5.70. The molecule has 1 saturated heterocycles. The van der Waals surface area contributed by atoms with Gasteiger partial charge in [0.25, 0.3) is 0 Å². The first kappa shape index (κ1) is 9.32. The van der Waals surface area contributed by atoms with Crippen molar-refractivity contribution in [1.29, 1.82) is 0 Å². The van der Waals surface area contributed by atoms with Crippen molar-refractivity contribution in [2.24, 2.45) is 5.11 Å². The van der Waals surface area contributed by atoms with Crippen molar-refractivity contribution in [2.75, 3.05) is 0 Å². The summed E-state index contributed by atoms with van der Waals surface area (Å²) in [6, 6.07) is -0.431. The van der Waals surface area contributed by atoms with Crippen molar-refractivity contribution >= 4 is 0 Å². The van der Waals surface area contributed by atoms with E-state index in [0.717, 1.165) is 6.42 Å². The molecule has 5 nitrogen and oxygen atoms in total. The van der Waals surface area contributed by atoms with Crippen LogP contribution in [0.5, 0.6) is 0 Å². The van der Waals surface area contributed by atoms with Crippen LogP contribution < -0.4 is 0 Å². The fourth-order valence-electron chi connectivity index (χ4n) is 1.49. The summed E-state index contributed by atoms with van der Waals surface area (Å²) in [5.74, 6) is 0. The van der Waals surface area contributed by atoms with Gasteiger partial charge in [0.05, 0.1) is 24.4 Å². The quantitative estimate of drug-likeness (QED) is 0.385. The Bertz CT molecular complexity index is 203. The Morgan fingerprint density at radius 2 is 2.33 bits per heavy atom. The lowest BCUT2D eigenvalue weighted by atomic mass is 10.1. The Labute approximate surface area is 71.0 Å². The first-order valence-corrected chi connectivity index (χ1v) is 4.08. The van der Waals surface area contributed by atoms with Gasteiger partial charge < -0.3 is 9.84 Å². The third kappa shape index (κ3) is 1.53. The van der Waals surface area contributed by atoms with Gasteiger partial charge in [0.1, 0.15) is 0 Å². The van der Waals surface area contributed by atoms with Gasteiger partial charge in [-0.15, -0.1) is 0 Å². The molecule has 0 aromatic carbocycles. The molecule has 0 spiro atoms. The maximum absolute atomic E-state index is 9.56. The summed E-state index contributed by atoms with van der Waals surface area (Å²) < 4.78 is 5.37. The number of azide groups is 1. The molecule has 0 amide bonds. The van der Waals surface area contributed by atoms with Crippen molar-refractivity contribution in [3.05, 3.63) is 10.4 Å². The zero-order chi connectivity index (χ0) is 9.14. The van der Waals surface area contributed by atoms with Crippen LogP contribution in [0.4, 0.5) is 0 Å². The molecule has 0 radical (unpaired) electrons. The highest BCUT2D eigenvalue weighted by Crippen LogP contribution is 2.25. The van der Waals surface area contributed by atoms with Gasteiger partial charge in [-0.25, -0.2) is 0 Å². The second kappa shape index (κ2) is 3.76. The Hall–Kier alpha value is -0.770. The van der Waals surface area contributed by atoms with E-state index < -0.39 is 12.1 Å². The van der Waals surface area contributed by atoms with Crippen LogP contribution in [0.1, 0.15) is 20.3 Å². The number of aliphatic hydroxyl groups is 1. The van der Waals surface area contributed by atoms with Gasteiger partial charge in [0.2, 0.25) is 0 Å². The molecule has 1 aliphatic heterocycles. The number of hydrogen-bond donors (Lipinski definition) is 1. The van der Waals surface area contributed by atoms with Crippen LogP contribution in [0.2, 0.25) is 0 Å².